The molecule has 21 heavy (non-hydrogen) atoms. The summed E-state index contributed by atoms with van der Waals surface area (Å²) in [5, 5.41) is 7.38. The third-order valence-electron chi connectivity index (χ3n) is 3.37. The van der Waals surface area contributed by atoms with Crippen molar-refractivity contribution in [3.05, 3.63) is 47.0 Å². The van der Waals surface area contributed by atoms with Crippen molar-refractivity contribution in [2.24, 2.45) is 5.92 Å². The number of nitrogens with one attached hydrogen (secondary N) is 1. The molecule has 0 aliphatic heterocycles. The largest absolute Gasteiger partial charge is 0.352 e. The zero-order valence-corrected chi connectivity index (χ0v) is 13.1. The molecule has 0 aromatic carbocycles. The minimum atomic E-state index is -0.0808. The summed E-state index contributed by atoms with van der Waals surface area (Å²) in [6.07, 6.45) is 1.61. The molecule has 2 rings (SSSR count). The molecular formula is C16H22N4O. The fraction of sp³-hybridized carbons (Fsp3) is 0.438. The van der Waals surface area contributed by atoms with E-state index in [9.17, 15) is 4.79 Å². The van der Waals surface area contributed by atoms with Gasteiger partial charge in [-0.05, 0) is 44.9 Å². The molecule has 112 valence electrons. The van der Waals surface area contributed by atoms with Gasteiger partial charge in [-0.25, -0.2) is 0 Å². The van der Waals surface area contributed by atoms with Crippen molar-refractivity contribution in [3.63, 3.8) is 0 Å². The highest BCUT2D eigenvalue weighted by Gasteiger charge is 2.10. The maximum atomic E-state index is 12.0. The maximum Gasteiger partial charge on any atom is 0.252 e. The van der Waals surface area contributed by atoms with Crippen LogP contribution in [0.25, 0.3) is 0 Å². The molecule has 0 bridgehead atoms. The Labute approximate surface area is 125 Å². The summed E-state index contributed by atoms with van der Waals surface area (Å²) < 4.78 is 1.99. The lowest BCUT2D eigenvalue weighted by atomic mass is 10.1. The lowest BCUT2D eigenvalue weighted by Crippen LogP contribution is -2.30. The molecule has 0 aliphatic rings. The van der Waals surface area contributed by atoms with Gasteiger partial charge in [0.2, 0.25) is 0 Å². The number of carbonyl (C=O) groups is 1. The van der Waals surface area contributed by atoms with Crippen molar-refractivity contribution in [3.8, 4) is 0 Å². The molecular weight excluding hydrogens is 264 g/mol. The SMILES string of the molecule is Cc1ccc(C(=O)NC[C@H](C)Cn2nc(C)cc2C)cn1. The van der Waals surface area contributed by atoms with Crippen molar-refractivity contribution in [1.29, 1.82) is 0 Å². The van der Waals surface area contributed by atoms with Gasteiger partial charge in [-0.3, -0.25) is 14.5 Å². The molecule has 1 amide bonds. The Hall–Kier alpha value is -2.17. The van der Waals surface area contributed by atoms with Crippen molar-refractivity contribution in [1.82, 2.24) is 20.1 Å². The number of aromatic nitrogens is 3. The second-order valence-corrected chi connectivity index (χ2v) is 5.61. The summed E-state index contributed by atoms with van der Waals surface area (Å²) in [6, 6.07) is 5.70. The lowest BCUT2D eigenvalue weighted by molar-refractivity contribution is 0.0946. The number of hydrogen-bond donors (Lipinski definition) is 1. The minimum Gasteiger partial charge on any atom is -0.352 e. The van der Waals surface area contributed by atoms with Gasteiger partial charge < -0.3 is 5.32 Å². The summed E-state index contributed by atoms with van der Waals surface area (Å²) in [5.41, 5.74) is 3.67. The Morgan fingerprint density at radius 2 is 2.05 bits per heavy atom. The van der Waals surface area contributed by atoms with E-state index in [-0.39, 0.29) is 5.91 Å². The van der Waals surface area contributed by atoms with Crippen LogP contribution in [-0.2, 0) is 6.54 Å². The van der Waals surface area contributed by atoms with Crippen LogP contribution < -0.4 is 5.32 Å². The van der Waals surface area contributed by atoms with Crippen LogP contribution in [0, 0.1) is 26.7 Å². The number of carbonyl (C=O) groups excluding carboxylic acids is 1. The van der Waals surface area contributed by atoms with Crippen molar-refractivity contribution in [2.75, 3.05) is 6.54 Å². The smallest absolute Gasteiger partial charge is 0.252 e. The zero-order valence-electron chi connectivity index (χ0n) is 13.1. The van der Waals surface area contributed by atoms with E-state index >= 15 is 0 Å². The maximum absolute atomic E-state index is 12.0. The molecule has 0 aliphatic carbocycles. The molecule has 0 radical (unpaired) electrons. The van der Waals surface area contributed by atoms with Crippen molar-refractivity contribution < 1.29 is 4.79 Å². The monoisotopic (exact) mass is 286 g/mol. The molecule has 1 atom stereocenters. The molecule has 5 nitrogen and oxygen atoms in total. The van der Waals surface area contributed by atoms with E-state index in [4.69, 9.17) is 0 Å². The van der Waals surface area contributed by atoms with Gasteiger partial charge in [-0.1, -0.05) is 6.92 Å². The fourth-order valence-electron chi connectivity index (χ4n) is 2.19. The molecule has 2 aromatic rings. The first-order valence-electron chi connectivity index (χ1n) is 7.17. The normalized spacial score (nSPS) is 12.2. The molecule has 2 heterocycles. The van der Waals surface area contributed by atoms with E-state index in [0.717, 1.165) is 23.6 Å². The van der Waals surface area contributed by atoms with Gasteiger partial charge in [0.15, 0.2) is 0 Å². The Morgan fingerprint density at radius 3 is 2.62 bits per heavy atom. The van der Waals surface area contributed by atoms with E-state index in [1.807, 2.05) is 31.5 Å². The Morgan fingerprint density at radius 1 is 1.29 bits per heavy atom. The van der Waals surface area contributed by atoms with E-state index in [1.165, 1.54) is 0 Å². The van der Waals surface area contributed by atoms with Crippen molar-refractivity contribution in [2.45, 2.75) is 34.2 Å². The van der Waals surface area contributed by atoms with E-state index in [0.29, 0.717) is 18.0 Å². The van der Waals surface area contributed by atoms with Gasteiger partial charge in [-0.2, -0.15) is 5.10 Å². The van der Waals surface area contributed by atoms with Gasteiger partial charge in [-0.15, -0.1) is 0 Å². The second-order valence-electron chi connectivity index (χ2n) is 5.61. The lowest BCUT2D eigenvalue weighted by Gasteiger charge is -2.14. The molecule has 0 unspecified atom stereocenters. The number of aryl methyl sites for hydroxylation is 3. The molecule has 1 N–H and O–H groups in total. The first-order valence-corrected chi connectivity index (χ1v) is 7.17. The number of amides is 1. The average Bonchev–Trinajstić information content (AvgIpc) is 2.75. The zero-order chi connectivity index (χ0) is 15.4. The summed E-state index contributed by atoms with van der Waals surface area (Å²) in [4.78, 5) is 16.1. The molecule has 0 fully saturated rings. The standard InChI is InChI=1S/C16H22N4O/c1-11(10-20-14(4)7-13(3)19-20)8-18-16(21)15-6-5-12(2)17-9-15/h5-7,9,11H,8,10H2,1-4H3,(H,18,21)/t11-/m0/s1. The van der Waals surface area contributed by atoms with Crippen LogP contribution in [0.3, 0.4) is 0 Å². The first-order chi connectivity index (χ1) is 9.95. The van der Waals surface area contributed by atoms with E-state index in [2.05, 4.69) is 28.4 Å². The summed E-state index contributed by atoms with van der Waals surface area (Å²) in [7, 11) is 0. The van der Waals surface area contributed by atoms with Crippen molar-refractivity contribution >= 4 is 5.91 Å². The van der Waals surface area contributed by atoms with Gasteiger partial charge in [0.05, 0.1) is 11.3 Å². The Kier molecular flexibility index (Phi) is 4.73. The third kappa shape index (κ3) is 4.15. The molecule has 0 saturated heterocycles. The number of pyridine rings is 1. The van der Waals surface area contributed by atoms with Gasteiger partial charge in [0.25, 0.3) is 5.91 Å². The van der Waals surface area contributed by atoms with Gasteiger partial charge in [0.1, 0.15) is 0 Å². The fourth-order valence-corrected chi connectivity index (χ4v) is 2.19. The second kappa shape index (κ2) is 6.52. The minimum absolute atomic E-state index is 0.0808. The molecule has 2 aromatic heterocycles. The highest BCUT2D eigenvalue weighted by molar-refractivity contribution is 5.93. The summed E-state index contributed by atoms with van der Waals surface area (Å²) in [5.74, 6) is 0.230. The molecule has 0 saturated carbocycles. The Balaban J connectivity index is 1.86. The van der Waals surface area contributed by atoms with Crippen LogP contribution >= 0.6 is 0 Å². The molecule has 5 heteroatoms. The van der Waals surface area contributed by atoms with Gasteiger partial charge in [0, 0.05) is 30.7 Å². The quantitative estimate of drug-likeness (QED) is 0.917. The van der Waals surface area contributed by atoms with Gasteiger partial charge >= 0.3 is 0 Å². The highest BCUT2D eigenvalue weighted by Crippen LogP contribution is 2.06. The number of hydrogen-bond acceptors (Lipinski definition) is 3. The number of nitrogens with zero attached hydrogens (tertiary/aromatic N) is 3. The highest BCUT2D eigenvalue weighted by atomic mass is 16.1. The predicted molar refractivity (Wildman–Crippen MR) is 82.2 cm³/mol. The van der Waals surface area contributed by atoms with E-state index in [1.54, 1.807) is 12.3 Å². The third-order valence-corrected chi connectivity index (χ3v) is 3.37. The van der Waals surface area contributed by atoms with Crippen LogP contribution in [0.4, 0.5) is 0 Å². The molecule has 0 spiro atoms. The Bertz CT molecular complexity index is 616. The van der Waals surface area contributed by atoms with E-state index < -0.39 is 0 Å². The van der Waals surface area contributed by atoms with Crippen LogP contribution in [0.1, 0.15) is 34.4 Å². The average molecular weight is 286 g/mol. The van der Waals surface area contributed by atoms with Crippen LogP contribution in [0.2, 0.25) is 0 Å². The van der Waals surface area contributed by atoms with Crippen LogP contribution in [0.15, 0.2) is 24.4 Å². The van der Waals surface area contributed by atoms with Crippen LogP contribution in [-0.4, -0.2) is 27.2 Å². The first kappa shape index (κ1) is 15.2. The predicted octanol–water partition coefficient (Wildman–Crippen LogP) is 2.27. The number of rotatable bonds is 5. The summed E-state index contributed by atoms with van der Waals surface area (Å²) >= 11 is 0. The summed E-state index contributed by atoms with van der Waals surface area (Å²) in [6.45, 7) is 9.45. The topological polar surface area (TPSA) is 59.8 Å². The van der Waals surface area contributed by atoms with Crippen LogP contribution in [0.5, 0.6) is 0 Å².